The molecule has 3 nitrogen and oxygen atoms in total. The average Bonchev–Trinajstić information content (AvgIpc) is 2.94. The molecule has 1 aromatic carbocycles. The Hall–Kier alpha value is -1.35. The molecule has 1 aromatic rings. The Kier molecular flexibility index (Phi) is 5.40. The summed E-state index contributed by atoms with van der Waals surface area (Å²) in [4.78, 5) is 12.1. The van der Waals surface area contributed by atoms with Gasteiger partial charge in [0.1, 0.15) is 0 Å². The maximum atomic E-state index is 12.1. The lowest BCUT2D eigenvalue weighted by atomic mass is 10.0. The Bertz CT molecular complexity index is 385. The first-order valence-electron chi connectivity index (χ1n) is 7.37. The molecule has 1 aliphatic heterocycles. The maximum absolute atomic E-state index is 12.1. The van der Waals surface area contributed by atoms with Crippen molar-refractivity contribution in [1.29, 1.82) is 0 Å². The van der Waals surface area contributed by atoms with E-state index >= 15 is 0 Å². The fourth-order valence-electron chi connectivity index (χ4n) is 2.68. The topological polar surface area (TPSA) is 41.1 Å². The SMILES string of the molecule is CCCC(Cc1ccccc1)NC(=O)C1CCCN1. The van der Waals surface area contributed by atoms with Crippen molar-refractivity contribution in [2.75, 3.05) is 6.54 Å². The molecule has 2 N–H and O–H groups in total. The van der Waals surface area contributed by atoms with Crippen LogP contribution in [0.5, 0.6) is 0 Å². The second-order valence-electron chi connectivity index (χ2n) is 5.33. The maximum Gasteiger partial charge on any atom is 0.237 e. The molecule has 3 heteroatoms. The van der Waals surface area contributed by atoms with Gasteiger partial charge in [-0.15, -0.1) is 0 Å². The Balaban J connectivity index is 1.90. The van der Waals surface area contributed by atoms with Crippen molar-refractivity contribution in [1.82, 2.24) is 10.6 Å². The average molecular weight is 260 g/mol. The van der Waals surface area contributed by atoms with Crippen LogP contribution in [0.1, 0.15) is 38.2 Å². The molecule has 2 atom stereocenters. The van der Waals surface area contributed by atoms with Crippen LogP contribution in [0.25, 0.3) is 0 Å². The number of hydrogen-bond acceptors (Lipinski definition) is 2. The Morgan fingerprint density at radius 3 is 2.84 bits per heavy atom. The van der Waals surface area contributed by atoms with Crippen molar-refractivity contribution in [2.45, 2.75) is 51.1 Å². The van der Waals surface area contributed by atoms with Gasteiger partial charge in [0, 0.05) is 6.04 Å². The lowest BCUT2D eigenvalue weighted by Crippen LogP contribution is -2.45. The number of carbonyl (C=O) groups is 1. The fourth-order valence-corrected chi connectivity index (χ4v) is 2.68. The largest absolute Gasteiger partial charge is 0.352 e. The van der Waals surface area contributed by atoms with Crippen LogP contribution >= 0.6 is 0 Å². The minimum Gasteiger partial charge on any atom is -0.352 e. The van der Waals surface area contributed by atoms with Gasteiger partial charge in [-0.05, 0) is 37.8 Å². The summed E-state index contributed by atoms with van der Waals surface area (Å²) in [5.74, 6) is 0.173. The first-order valence-corrected chi connectivity index (χ1v) is 7.37. The Morgan fingerprint density at radius 1 is 1.42 bits per heavy atom. The summed E-state index contributed by atoms with van der Waals surface area (Å²) in [6.45, 7) is 3.13. The normalized spacial score (nSPS) is 20.2. The van der Waals surface area contributed by atoms with Crippen LogP contribution in [0.3, 0.4) is 0 Å². The van der Waals surface area contributed by atoms with Crippen molar-refractivity contribution in [3.63, 3.8) is 0 Å². The molecule has 0 saturated carbocycles. The molecule has 1 saturated heterocycles. The first kappa shape index (κ1) is 14.1. The van der Waals surface area contributed by atoms with Crippen LogP contribution in [0.4, 0.5) is 0 Å². The fraction of sp³-hybridized carbons (Fsp3) is 0.562. The predicted octanol–water partition coefficient (Wildman–Crippen LogP) is 2.27. The zero-order valence-electron chi connectivity index (χ0n) is 11.7. The minimum absolute atomic E-state index is 0.0233. The molecule has 0 aliphatic carbocycles. The highest BCUT2D eigenvalue weighted by Gasteiger charge is 2.23. The van der Waals surface area contributed by atoms with Gasteiger partial charge in [0.15, 0.2) is 0 Å². The molecule has 1 heterocycles. The summed E-state index contributed by atoms with van der Waals surface area (Å²) in [5.41, 5.74) is 1.29. The van der Waals surface area contributed by atoms with Gasteiger partial charge in [-0.1, -0.05) is 43.7 Å². The van der Waals surface area contributed by atoms with Crippen LogP contribution in [0.2, 0.25) is 0 Å². The van der Waals surface area contributed by atoms with Crippen molar-refractivity contribution in [3.05, 3.63) is 35.9 Å². The third-order valence-electron chi connectivity index (χ3n) is 3.69. The molecule has 19 heavy (non-hydrogen) atoms. The lowest BCUT2D eigenvalue weighted by molar-refractivity contribution is -0.123. The molecule has 0 radical (unpaired) electrons. The highest BCUT2D eigenvalue weighted by Crippen LogP contribution is 2.10. The highest BCUT2D eigenvalue weighted by molar-refractivity contribution is 5.82. The number of rotatable bonds is 6. The highest BCUT2D eigenvalue weighted by atomic mass is 16.2. The first-order chi connectivity index (χ1) is 9.29. The van der Waals surface area contributed by atoms with Crippen molar-refractivity contribution in [3.8, 4) is 0 Å². The standard InChI is InChI=1S/C16H24N2O/c1-2-7-14(12-13-8-4-3-5-9-13)18-16(19)15-10-6-11-17-15/h3-5,8-9,14-15,17H,2,6-7,10-12H2,1H3,(H,18,19). The van der Waals surface area contributed by atoms with Gasteiger partial charge in [0.25, 0.3) is 0 Å². The third kappa shape index (κ3) is 4.35. The van der Waals surface area contributed by atoms with Gasteiger partial charge in [0.2, 0.25) is 5.91 Å². The molecular weight excluding hydrogens is 236 g/mol. The smallest absolute Gasteiger partial charge is 0.237 e. The molecule has 0 bridgehead atoms. The van der Waals surface area contributed by atoms with E-state index in [0.717, 1.165) is 38.6 Å². The summed E-state index contributed by atoms with van der Waals surface area (Å²) in [6.07, 6.45) is 5.13. The Labute approximate surface area is 115 Å². The number of nitrogens with one attached hydrogen (secondary N) is 2. The van der Waals surface area contributed by atoms with Crippen LogP contribution < -0.4 is 10.6 Å². The van der Waals surface area contributed by atoms with Gasteiger partial charge in [0.05, 0.1) is 6.04 Å². The van der Waals surface area contributed by atoms with Gasteiger partial charge in [-0.3, -0.25) is 4.79 Å². The molecule has 1 aliphatic rings. The molecule has 1 fully saturated rings. The molecule has 1 amide bonds. The second kappa shape index (κ2) is 7.29. The molecule has 2 unspecified atom stereocenters. The zero-order valence-corrected chi connectivity index (χ0v) is 11.7. The van der Waals surface area contributed by atoms with Crippen LogP contribution in [-0.4, -0.2) is 24.5 Å². The van der Waals surface area contributed by atoms with E-state index in [2.05, 4.69) is 41.8 Å². The van der Waals surface area contributed by atoms with Crippen LogP contribution in [0, 0.1) is 0 Å². The number of carbonyl (C=O) groups excluding carboxylic acids is 1. The lowest BCUT2D eigenvalue weighted by Gasteiger charge is -2.20. The minimum atomic E-state index is 0.0233. The summed E-state index contributed by atoms with van der Waals surface area (Å²) in [7, 11) is 0. The van der Waals surface area contributed by atoms with E-state index in [-0.39, 0.29) is 18.0 Å². The third-order valence-corrected chi connectivity index (χ3v) is 3.69. The van der Waals surface area contributed by atoms with E-state index < -0.39 is 0 Å². The predicted molar refractivity (Wildman–Crippen MR) is 78.0 cm³/mol. The van der Waals surface area contributed by atoms with E-state index in [1.165, 1.54) is 5.56 Å². The summed E-state index contributed by atoms with van der Waals surface area (Å²) < 4.78 is 0. The second-order valence-corrected chi connectivity index (χ2v) is 5.33. The van der Waals surface area contributed by atoms with Crippen LogP contribution in [0.15, 0.2) is 30.3 Å². The summed E-state index contributed by atoms with van der Waals surface area (Å²) >= 11 is 0. The van der Waals surface area contributed by atoms with E-state index in [1.54, 1.807) is 0 Å². The quantitative estimate of drug-likeness (QED) is 0.824. The number of benzene rings is 1. The summed E-state index contributed by atoms with van der Waals surface area (Å²) in [5, 5.41) is 6.46. The molecule has 2 rings (SSSR count). The molecule has 0 aromatic heterocycles. The zero-order chi connectivity index (χ0) is 13.5. The van der Waals surface area contributed by atoms with Gasteiger partial charge in [-0.25, -0.2) is 0 Å². The Morgan fingerprint density at radius 2 is 2.21 bits per heavy atom. The van der Waals surface area contributed by atoms with E-state index in [0.29, 0.717) is 0 Å². The van der Waals surface area contributed by atoms with Gasteiger partial charge < -0.3 is 10.6 Å². The number of amides is 1. The molecule has 0 spiro atoms. The number of hydrogen-bond donors (Lipinski definition) is 2. The summed E-state index contributed by atoms with van der Waals surface area (Å²) in [6, 6.07) is 10.7. The van der Waals surface area contributed by atoms with Crippen molar-refractivity contribution < 1.29 is 4.79 Å². The molecule has 104 valence electrons. The monoisotopic (exact) mass is 260 g/mol. The van der Waals surface area contributed by atoms with Crippen LogP contribution in [-0.2, 0) is 11.2 Å². The van der Waals surface area contributed by atoms with Crippen molar-refractivity contribution in [2.24, 2.45) is 0 Å². The van der Waals surface area contributed by atoms with Gasteiger partial charge >= 0.3 is 0 Å². The van der Waals surface area contributed by atoms with Crippen molar-refractivity contribution >= 4 is 5.91 Å². The van der Waals surface area contributed by atoms with E-state index in [9.17, 15) is 4.79 Å². The molecular formula is C16H24N2O. The van der Waals surface area contributed by atoms with E-state index in [4.69, 9.17) is 0 Å². The van der Waals surface area contributed by atoms with E-state index in [1.807, 2.05) is 6.07 Å². The van der Waals surface area contributed by atoms with Gasteiger partial charge in [-0.2, -0.15) is 0 Å².